The van der Waals surface area contributed by atoms with Gasteiger partial charge in [-0.05, 0) is 18.8 Å². The fourth-order valence-electron chi connectivity index (χ4n) is 2.95. The van der Waals surface area contributed by atoms with Gasteiger partial charge < -0.3 is 5.11 Å². The largest absolute Gasteiger partial charge is 0.480 e. The zero-order valence-corrected chi connectivity index (χ0v) is 16.4. The van der Waals surface area contributed by atoms with E-state index < -0.39 is 18.4 Å². The summed E-state index contributed by atoms with van der Waals surface area (Å²) in [5, 5.41) is 14.2. The molecule has 6 nitrogen and oxygen atoms in total. The summed E-state index contributed by atoms with van der Waals surface area (Å²) in [6.07, 6.45) is 7.25. The van der Waals surface area contributed by atoms with Gasteiger partial charge in [0.1, 0.15) is 6.54 Å². The van der Waals surface area contributed by atoms with Gasteiger partial charge >= 0.3 is 5.97 Å². The first kappa shape index (κ1) is 21.2. The third kappa shape index (κ3) is 7.17. The molecular formula is C20H26N2O4S. The predicted molar refractivity (Wildman–Crippen MR) is 107 cm³/mol. The van der Waals surface area contributed by atoms with Gasteiger partial charge in [0.15, 0.2) is 0 Å². The van der Waals surface area contributed by atoms with E-state index in [1.54, 1.807) is 37.4 Å². The van der Waals surface area contributed by atoms with Crippen LogP contribution in [0.3, 0.4) is 0 Å². The Morgan fingerprint density at radius 3 is 2.52 bits per heavy atom. The highest BCUT2D eigenvalue weighted by Crippen LogP contribution is 2.22. The number of carboxylic acid groups (broad SMARTS) is 1. The number of aliphatic carboxylic acids is 1. The monoisotopic (exact) mass is 390 g/mol. The van der Waals surface area contributed by atoms with Crippen LogP contribution in [0.25, 0.3) is 0 Å². The third-order valence-corrected chi connectivity index (χ3v) is 5.67. The molecule has 1 aliphatic rings. The van der Waals surface area contributed by atoms with E-state index in [0.29, 0.717) is 11.5 Å². The molecule has 0 bridgehead atoms. The van der Waals surface area contributed by atoms with E-state index in [-0.39, 0.29) is 16.8 Å². The molecule has 1 amide bonds. The van der Waals surface area contributed by atoms with E-state index in [9.17, 15) is 14.4 Å². The highest BCUT2D eigenvalue weighted by molar-refractivity contribution is 8.14. The van der Waals surface area contributed by atoms with Crippen LogP contribution in [-0.2, 0) is 9.59 Å². The second-order valence-corrected chi connectivity index (χ2v) is 7.81. The Balaban J connectivity index is 1.93. The number of carboxylic acids is 1. The van der Waals surface area contributed by atoms with Gasteiger partial charge in [-0.25, -0.2) is 5.01 Å². The van der Waals surface area contributed by atoms with E-state index in [4.69, 9.17) is 5.11 Å². The number of hydrazone groups is 1. The Kier molecular flexibility index (Phi) is 8.51. The summed E-state index contributed by atoms with van der Waals surface area (Å²) in [5.41, 5.74) is 0.583. The van der Waals surface area contributed by atoms with Gasteiger partial charge in [-0.15, -0.1) is 0 Å². The van der Waals surface area contributed by atoms with E-state index >= 15 is 0 Å². The molecule has 1 fully saturated rings. The van der Waals surface area contributed by atoms with E-state index in [1.807, 2.05) is 6.07 Å². The lowest BCUT2D eigenvalue weighted by Crippen LogP contribution is -2.36. The zero-order chi connectivity index (χ0) is 19.6. The van der Waals surface area contributed by atoms with Crippen molar-refractivity contribution in [2.24, 2.45) is 16.9 Å². The molecule has 7 heteroatoms. The van der Waals surface area contributed by atoms with E-state index in [1.165, 1.54) is 6.42 Å². The molecular weight excluding hydrogens is 364 g/mol. The lowest BCUT2D eigenvalue weighted by molar-refractivity contribution is -0.145. The van der Waals surface area contributed by atoms with Crippen molar-refractivity contribution in [3.05, 3.63) is 35.9 Å². The van der Waals surface area contributed by atoms with Gasteiger partial charge in [-0.1, -0.05) is 68.3 Å². The molecule has 27 heavy (non-hydrogen) atoms. The number of thioether (sulfide) groups is 1. The van der Waals surface area contributed by atoms with Crippen molar-refractivity contribution in [2.45, 2.75) is 39.0 Å². The minimum Gasteiger partial charge on any atom is -0.480 e. The smallest absolute Gasteiger partial charge is 0.325 e. The van der Waals surface area contributed by atoms with E-state index in [0.717, 1.165) is 42.5 Å². The average molecular weight is 391 g/mol. The number of benzene rings is 1. The molecule has 0 heterocycles. The number of hydrogen-bond acceptors (Lipinski definition) is 5. The predicted octanol–water partition coefficient (Wildman–Crippen LogP) is 3.68. The fourth-order valence-corrected chi connectivity index (χ4v) is 3.79. The van der Waals surface area contributed by atoms with Gasteiger partial charge in [0, 0.05) is 23.4 Å². The van der Waals surface area contributed by atoms with Crippen LogP contribution < -0.4 is 0 Å². The normalized spacial score (nSPS) is 16.2. The summed E-state index contributed by atoms with van der Waals surface area (Å²) in [4.78, 5) is 35.9. The lowest BCUT2D eigenvalue weighted by Gasteiger charge is -2.21. The molecule has 1 aromatic rings. The van der Waals surface area contributed by atoms with Crippen molar-refractivity contribution in [3.8, 4) is 0 Å². The third-order valence-electron chi connectivity index (χ3n) is 4.50. The van der Waals surface area contributed by atoms with Crippen molar-refractivity contribution in [1.29, 1.82) is 0 Å². The Morgan fingerprint density at radius 2 is 1.89 bits per heavy atom. The molecule has 146 valence electrons. The summed E-state index contributed by atoms with van der Waals surface area (Å²) in [6.45, 7) is 1.22. The molecule has 0 aliphatic heterocycles. The Labute approximate surface area is 164 Å². The van der Waals surface area contributed by atoms with Crippen LogP contribution in [0.2, 0.25) is 0 Å². The minimum atomic E-state index is -1.11. The number of carbonyl (C=O) groups excluding carboxylic acids is 2. The van der Waals surface area contributed by atoms with Gasteiger partial charge in [0.2, 0.25) is 11.0 Å². The van der Waals surface area contributed by atoms with Gasteiger partial charge in [-0.3, -0.25) is 14.4 Å². The molecule has 1 atom stereocenters. The first-order chi connectivity index (χ1) is 13.0. The Bertz CT molecular complexity index is 672. The molecule has 0 spiro atoms. The quantitative estimate of drug-likeness (QED) is 0.540. The molecule has 2 rings (SSSR count). The minimum absolute atomic E-state index is 0.106. The van der Waals surface area contributed by atoms with Crippen LogP contribution >= 0.6 is 11.8 Å². The number of hydrogen-bond donors (Lipinski definition) is 1. The first-order valence-corrected chi connectivity index (χ1v) is 10.3. The van der Waals surface area contributed by atoms with Crippen molar-refractivity contribution < 1.29 is 19.5 Å². The van der Waals surface area contributed by atoms with Crippen molar-refractivity contribution in [2.75, 3.05) is 12.3 Å². The van der Waals surface area contributed by atoms with Crippen LogP contribution in [0, 0.1) is 11.8 Å². The maximum Gasteiger partial charge on any atom is 0.325 e. The topological polar surface area (TPSA) is 87.0 Å². The standard InChI is InChI=1S/C20H26N2O4S/c1-15(14-27-20(26)17-10-6-3-7-11-17)19(25)22(13-18(23)24)21-12-16-8-4-2-5-9-16/h3,6-7,10-12,15-16H,2,4-5,8-9,13-14H2,1H3,(H,23,24)/b21-12-/t15-/m1/s1. The van der Waals surface area contributed by atoms with Crippen LogP contribution in [0.4, 0.5) is 0 Å². The number of carbonyl (C=O) groups is 3. The molecule has 0 radical (unpaired) electrons. The van der Waals surface area contributed by atoms with Crippen molar-refractivity contribution in [3.63, 3.8) is 0 Å². The first-order valence-electron chi connectivity index (χ1n) is 9.27. The molecule has 0 aromatic heterocycles. The second-order valence-electron chi connectivity index (χ2n) is 6.82. The van der Waals surface area contributed by atoms with E-state index in [2.05, 4.69) is 5.10 Å². The number of nitrogens with zero attached hydrogens (tertiary/aromatic N) is 2. The molecule has 1 saturated carbocycles. The summed E-state index contributed by atoms with van der Waals surface area (Å²) in [7, 11) is 0. The summed E-state index contributed by atoms with van der Waals surface area (Å²) >= 11 is 1.06. The molecule has 1 N–H and O–H groups in total. The molecule has 1 aliphatic carbocycles. The SMILES string of the molecule is C[C@H](CSC(=O)c1ccccc1)C(=O)N(CC(=O)O)/N=C\C1CCCCC1. The van der Waals surface area contributed by atoms with Crippen LogP contribution in [0.5, 0.6) is 0 Å². The molecule has 1 aromatic carbocycles. The van der Waals surface area contributed by atoms with Gasteiger partial charge in [-0.2, -0.15) is 5.10 Å². The number of rotatable bonds is 8. The summed E-state index contributed by atoms with van der Waals surface area (Å²) < 4.78 is 0. The maximum atomic E-state index is 12.6. The van der Waals surface area contributed by atoms with Gasteiger partial charge in [0.05, 0.1) is 0 Å². The van der Waals surface area contributed by atoms with Crippen LogP contribution in [0.15, 0.2) is 35.4 Å². The lowest BCUT2D eigenvalue weighted by atomic mass is 9.90. The van der Waals surface area contributed by atoms with Crippen molar-refractivity contribution in [1.82, 2.24) is 5.01 Å². The highest BCUT2D eigenvalue weighted by atomic mass is 32.2. The Morgan fingerprint density at radius 1 is 1.22 bits per heavy atom. The van der Waals surface area contributed by atoms with Crippen LogP contribution in [-0.4, -0.2) is 45.6 Å². The molecule has 0 saturated heterocycles. The maximum absolute atomic E-state index is 12.6. The summed E-state index contributed by atoms with van der Waals surface area (Å²) in [5.74, 6) is -1.42. The Hall–Kier alpha value is -2.15. The fraction of sp³-hybridized carbons (Fsp3) is 0.500. The average Bonchev–Trinajstić information content (AvgIpc) is 2.69. The zero-order valence-electron chi connectivity index (χ0n) is 15.5. The second kappa shape index (κ2) is 10.9. The highest BCUT2D eigenvalue weighted by Gasteiger charge is 2.24. The van der Waals surface area contributed by atoms with Gasteiger partial charge in [0.25, 0.3) is 0 Å². The number of amides is 1. The van der Waals surface area contributed by atoms with Crippen molar-refractivity contribution >= 4 is 35.0 Å². The van der Waals surface area contributed by atoms with Crippen LogP contribution in [0.1, 0.15) is 49.4 Å². The molecule has 0 unspecified atom stereocenters. The summed E-state index contributed by atoms with van der Waals surface area (Å²) in [6, 6.07) is 8.87.